The fourth-order valence-electron chi connectivity index (χ4n) is 3.97. The highest BCUT2D eigenvalue weighted by Crippen LogP contribution is 2.33. The van der Waals surface area contributed by atoms with Gasteiger partial charge in [0.1, 0.15) is 0 Å². The number of para-hydroxylation sites is 1. The summed E-state index contributed by atoms with van der Waals surface area (Å²) in [6, 6.07) is 11.4. The average Bonchev–Trinajstić information content (AvgIpc) is 3.14. The minimum Gasteiger partial charge on any atom is -0.361 e. The number of benzene rings is 2. The van der Waals surface area contributed by atoms with Crippen LogP contribution in [0.25, 0.3) is 10.9 Å². The maximum atomic E-state index is 13.4. The number of hydrogen-bond donors (Lipinski definition) is 2. The molecule has 2 aromatic carbocycles. The zero-order valence-electron chi connectivity index (χ0n) is 15.7. The molecule has 1 fully saturated rings. The van der Waals surface area contributed by atoms with E-state index in [9.17, 15) is 13.6 Å². The summed E-state index contributed by atoms with van der Waals surface area (Å²) in [6.45, 7) is 3.10. The van der Waals surface area contributed by atoms with Gasteiger partial charge in [0, 0.05) is 30.2 Å². The molecule has 1 unspecified atom stereocenters. The largest absolute Gasteiger partial charge is 0.361 e. The molecule has 1 aliphatic rings. The van der Waals surface area contributed by atoms with E-state index in [1.54, 1.807) is 11.8 Å². The minimum atomic E-state index is -0.904. The van der Waals surface area contributed by atoms with Crippen molar-refractivity contribution in [3.8, 4) is 0 Å². The summed E-state index contributed by atoms with van der Waals surface area (Å²) in [4.78, 5) is 17.7. The van der Waals surface area contributed by atoms with E-state index in [1.807, 2.05) is 12.1 Å². The molecule has 2 N–H and O–H groups in total. The molecule has 1 aromatic heterocycles. The van der Waals surface area contributed by atoms with E-state index in [2.05, 4.69) is 28.6 Å². The number of rotatable bonds is 3. The maximum absolute atomic E-state index is 13.4. The third-order valence-electron chi connectivity index (χ3n) is 5.63. The van der Waals surface area contributed by atoms with Gasteiger partial charge >= 0.3 is 6.03 Å². The summed E-state index contributed by atoms with van der Waals surface area (Å²) in [5, 5.41) is 4.13. The maximum Gasteiger partial charge on any atom is 0.317 e. The van der Waals surface area contributed by atoms with E-state index >= 15 is 0 Å². The van der Waals surface area contributed by atoms with Crippen molar-refractivity contribution in [1.29, 1.82) is 0 Å². The first kappa shape index (κ1) is 18.5. The number of nitrogens with one attached hydrogen (secondary N) is 2. The summed E-state index contributed by atoms with van der Waals surface area (Å²) in [5.41, 5.74) is 2.99. The molecule has 6 heteroatoms. The number of H-pyrrole nitrogens is 1. The highest BCUT2D eigenvalue weighted by atomic mass is 19.2. The molecular weight excluding hydrogens is 360 g/mol. The lowest BCUT2D eigenvalue weighted by molar-refractivity contribution is 0.178. The van der Waals surface area contributed by atoms with Crippen LogP contribution in [-0.2, 0) is 0 Å². The number of nitrogens with zero attached hydrogens (tertiary/aromatic N) is 1. The van der Waals surface area contributed by atoms with Gasteiger partial charge < -0.3 is 15.2 Å². The first-order valence-corrected chi connectivity index (χ1v) is 9.59. The second kappa shape index (κ2) is 7.62. The Balaban J connectivity index is 1.36. The number of amides is 2. The molecule has 2 amide bonds. The molecule has 0 bridgehead atoms. The van der Waals surface area contributed by atoms with Crippen LogP contribution in [0.3, 0.4) is 0 Å². The van der Waals surface area contributed by atoms with Crippen molar-refractivity contribution >= 4 is 16.9 Å². The lowest BCUT2D eigenvalue weighted by Crippen LogP contribution is -2.44. The Morgan fingerprint density at radius 1 is 1.14 bits per heavy atom. The Hall–Kier alpha value is -2.89. The Kier molecular flexibility index (Phi) is 5.03. The average molecular weight is 383 g/mol. The van der Waals surface area contributed by atoms with E-state index in [0.717, 1.165) is 30.5 Å². The Morgan fingerprint density at radius 2 is 1.89 bits per heavy atom. The van der Waals surface area contributed by atoms with Crippen molar-refractivity contribution in [2.75, 3.05) is 13.1 Å². The molecule has 1 aliphatic heterocycles. The van der Waals surface area contributed by atoms with Crippen LogP contribution >= 0.6 is 0 Å². The van der Waals surface area contributed by atoms with Crippen LogP contribution < -0.4 is 5.32 Å². The standard InChI is InChI=1S/C22H23F2N3O/c1-14(16-6-7-19(23)20(24)12-16)26-22(28)27-10-8-15(9-11-27)18-13-25-21-5-3-2-4-17(18)21/h2-7,12-15,25H,8-11H2,1H3,(H,26,28). The molecule has 4 nitrogen and oxygen atoms in total. The van der Waals surface area contributed by atoms with E-state index in [-0.39, 0.29) is 6.03 Å². The molecule has 1 atom stereocenters. The SMILES string of the molecule is CC(NC(=O)N1CCC(c2c[nH]c3ccccc23)CC1)c1ccc(F)c(F)c1. The van der Waals surface area contributed by atoms with E-state index < -0.39 is 17.7 Å². The zero-order chi connectivity index (χ0) is 19.7. The van der Waals surface area contributed by atoms with Gasteiger partial charge in [0.2, 0.25) is 0 Å². The molecule has 3 aromatic rings. The number of aromatic nitrogens is 1. The lowest BCUT2D eigenvalue weighted by atomic mass is 9.89. The third-order valence-corrected chi connectivity index (χ3v) is 5.63. The first-order chi connectivity index (χ1) is 13.5. The number of likely N-dealkylation sites (tertiary alicyclic amines) is 1. The quantitative estimate of drug-likeness (QED) is 0.650. The molecule has 0 spiro atoms. The second-order valence-corrected chi connectivity index (χ2v) is 7.40. The highest BCUT2D eigenvalue weighted by molar-refractivity contribution is 5.83. The number of halogens is 2. The van der Waals surface area contributed by atoms with Gasteiger partial charge in [0.15, 0.2) is 11.6 Å². The van der Waals surface area contributed by atoms with Gasteiger partial charge in [0.25, 0.3) is 0 Å². The number of carbonyl (C=O) groups is 1. The number of fused-ring (bicyclic) bond motifs is 1. The van der Waals surface area contributed by atoms with Crippen molar-refractivity contribution in [3.63, 3.8) is 0 Å². The van der Waals surface area contributed by atoms with Crippen LogP contribution in [0.2, 0.25) is 0 Å². The van der Waals surface area contributed by atoms with Gasteiger partial charge in [-0.1, -0.05) is 24.3 Å². The van der Waals surface area contributed by atoms with Crippen molar-refractivity contribution < 1.29 is 13.6 Å². The second-order valence-electron chi connectivity index (χ2n) is 7.40. The monoisotopic (exact) mass is 383 g/mol. The summed E-state index contributed by atoms with van der Waals surface area (Å²) in [5.74, 6) is -1.37. The molecular formula is C22H23F2N3O. The van der Waals surface area contributed by atoms with Crippen LogP contribution in [0.5, 0.6) is 0 Å². The summed E-state index contributed by atoms with van der Waals surface area (Å²) in [6.07, 6.45) is 3.87. The molecule has 2 heterocycles. The Labute approximate surface area is 162 Å². The van der Waals surface area contributed by atoms with Crippen LogP contribution in [0.4, 0.5) is 13.6 Å². The summed E-state index contributed by atoms with van der Waals surface area (Å²) < 4.78 is 26.5. The molecule has 0 saturated carbocycles. The van der Waals surface area contributed by atoms with Crippen molar-refractivity contribution in [2.45, 2.75) is 31.7 Å². The van der Waals surface area contributed by atoms with Gasteiger partial charge in [-0.25, -0.2) is 13.6 Å². The molecule has 0 aliphatic carbocycles. The van der Waals surface area contributed by atoms with E-state index in [4.69, 9.17) is 0 Å². The number of urea groups is 1. The van der Waals surface area contributed by atoms with E-state index in [0.29, 0.717) is 24.6 Å². The van der Waals surface area contributed by atoms with Gasteiger partial charge in [-0.2, -0.15) is 0 Å². The smallest absolute Gasteiger partial charge is 0.317 e. The van der Waals surface area contributed by atoms with Crippen LogP contribution in [0.15, 0.2) is 48.7 Å². The molecule has 28 heavy (non-hydrogen) atoms. The van der Waals surface area contributed by atoms with Crippen LogP contribution in [-0.4, -0.2) is 29.0 Å². The van der Waals surface area contributed by atoms with Crippen molar-refractivity contribution in [3.05, 3.63) is 71.4 Å². The van der Waals surface area contributed by atoms with Gasteiger partial charge in [-0.15, -0.1) is 0 Å². The fourth-order valence-corrected chi connectivity index (χ4v) is 3.97. The highest BCUT2D eigenvalue weighted by Gasteiger charge is 2.26. The predicted molar refractivity (Wildman–Crippen MR) is 105 cm³/mol. The van der Waals surface area contributed by atoms with Crippen LogP contribution in [0, 0.1) is 11.6 Å². The first-order valence-electron chi connectivity index (χ1n) is 9.59. The van der Waals surface area contributed by atoms with Crippen LogP contribution in [0.1, 0.15) is 42.9 Å². The number of piperidine rings is 1. The fraction of sp³-hybridized carbons (Fsp3) is 0.318. The summed E-state index contributed by atoms with van der Waals surface area (Å²) in [7, 11) is 0. The van der Waals surface area contributed by atoms with Crippen molar-refractivity contribution in [2.24, 2.45) is 0 Å². The van der Waals surface area contributed by atoms with Crippen molar-refractivity contribution in [1.82, 2.24) is 15.2 Å². The number of aromatic amines is 1. The third kappa shape index (κ3) is 3.59. The van der Waals surface area contributed by atoms with Gasteiger partial charge in [0.05, 0.1) is 6.04 Å². The lowest BCUT2D eigenvalue weighted by Gasteiger charge is -2.33. The Bertz CT molecular complexity index is 992. The Morgan fingerprint density at radius 3 is 2.64 bits per heavy atom. The topological polar surface area (TPSA) is 48.1 Å². The number of carbonyl (C=O) groups excluding carboxylic acids is 1. The number of hydrogen-bond acceptors (Lipinski definition) is 1. The zero-order valence-corrected chi connectivity index (χ0v) is 15.7. The predicted octanol–water partition coefficient (Wildman–Crippen LogP) is 5.10. The van der Waals surface area contributed by atoms with E-state index in [1.165, 1.54) is 17.0 Å². The van der Waals surface area contributed by atoms with Gasteiger partial charge in [-0.3, -0.25) is 0 Å². The normalized spacial score (nSPS) is 16.3. The molecule has 0 radical (unpaired) electrons. The summed E-state index contributed by atoms with van der Waals surface area (Å²) >= 11 is 0. The minimum absolute atomic E-state index is 0.172. The molecule has 4 rings (SSSR count). The molecule has 1 saturated heterocycles. The van der Waals surface area contributed by atoms with Gasteiger partial charge in [-0.05, 0) is 55.0 Å². The molecule has 146 valence electrons.